The van der Waals surface area contributed by atoms with Crippen LogP contribution in [-0.2, 0) is 29.4 Å². The average molecular weight is 386 g/mol. The fourth-order valence-corrected chi connectivity index (χ4v) is 5.98. The standard InChI is InChI=1S/C16H16ClNO4S2/c1-18(24(19,20)15-3-2-14(17)23-15)9-12-11-5-7-21-13(11)8-10-4-6-22-16(10)12/h2-3,8H,4-7,9H2,1H3. The normalized spacial score (nSPS) is 16.0. The van der Waals surface area contributed by atoms with Crippen molar-refractivity contribution < 1.29 is 17.9 Å². The Kier molecular flexibility index (Phi) is 3.99. The fraction of sp³-hybridized carbons (Fsp3) is 0.375. The van der Waals surface area contributed by atoms with Crippen molar-refractivity contribution in [3.8, 4) is 11.5 Å². The Morgan fingerprint density at radius 2 is 2.04 bits per heavy atom. The van der Waals surface area contributed by atoms with Crippen LogP contribution in [0.4, 0.5) is 0 Å². The summed E-state index contributed by atoms with van der Waals surface area (Å²) in [7, 11) is -2.00. The maximum absolute atomic E-state index is 12.8. The number of thiophene rings is 1. The lowest BCUT2D eigenvalue weighted by molar-refractivity contribution is 0.348. The molecule has 2 aromatic rings. The largest absolute Gasteiger partial charge is 0.493 e. The van der Waals surface area contributed by atoms with Gasteiger partial charge in [0.15, 0.2) is 0 Å². The number of fused-ring (bicyclic) bond motifs is 2. The number of halogens is 1. The van der Waals surface area contributed by atoms with Crippen molar-refractivity contribution in [2.45, 2.75) is 23.6 Å². The molecule has 2 aliphatic heterocycles. The van der Waals surface area contributed by atoms with Crippen molar-refractivity contribution in [3.63, 3.8) is 0 Å². The third-order valence-electron chi connectivity index (χ3n) is 4.35. The number of nitrogens with zero attached hydrogens (tertiary/aromatic N) is 1. The molecule has 0 atom stereocenters. The zero-order chi connectivity index (χ0) is 16.9. The molecule has 1 aromatic carbocycles. The Hall–Kier alpha value is -1.28. The van der Waals surface area contributed by atoms with Gasteiger partial charge in [0.2, 0.25) is 0 Å². The van der Waals surface area contributed by atoms with Gasteiger partial charge in [0.05, 0.1) is 17.6 Å². The molecule has 24 heavy (non-hydrogen) atoms. The van der Waals surface area contributed by atoms with Crippen molar-refractivity contribution in [1.29, 1.82) is 0 Å². The van der Waals surface area contributed by atoms with Crippen LogP contribution in [0.3, 0.4) is 0 Å². The summed E-state index contributed by atoms with van der Waals surface area (Å²) in [4.78, 5) is 0. The van der Waals surface area contributed by atoms with E-state index in [1.54, 1.807) is 13.1 Å². The Morgan fingerprint density at radius 3 is 2.79 bits per heavy atom. The van der Waals surface area contributed by atoms with Gasteiger partial charge in [-0.1, -0.05) is 11.6 Å². The summed E-state index contributed by atoms with van der Waals surface area (Å²) in [5.41, 5.74) is 3.07. The quantitative estimate of drug-likeness (QED) is 0.811. The van der Waals surface area contributed by atoms with Gasteiger partial charge in [0.1, 0.15) is 15.7 Å². The summed E-state index contributed by atoms with van der Waals surface area (Å²) in [5, 5.41) is 0. The summed E-state index contributed by atoms with van der Waals surface area (Å²) in [6, 6.07) is 5.17. The van der Waals surface area contributed by atoms with E-state index in [0.717, 1.165) is 52.4 Å². The molecular weight excluding hydrogens is 370 g/mol. The van der Waals surface area contributed by atoms with Crippen LogP contribution in [0, 0.1) is 0 Å². The Bertz CT molecular complexity index is 875. The second-order valence-corrected chi connectivity index (χ2v) is 9.82. The van der Waals surface area contributed by atoms with E-state index in [1.165, 1.54) is 10.4 Å². The van der Waals surface area contributed by atoms with Gasteiger partial charge >= 0.3 is 0 Å². The lowest BCUT2D eigenvalue weighted by atomic mass is 9.99. The number of ether oxygens (including phenoxy) is 2. The number of benzene rings is 1. The zero-order valence-electron chi connectivity index (χ0n) is 13.0. The van der Waals surface area contributed by atoms with Crippen LogP contribution in [0.2, 0.25) is 4.34 Å². The first-order valence-corrected chi connectivity index (χ1v) is 10.2. The van der Waals surface area contributed by atoms with Gasteiger partial charge in [0.25, 0.3) is 10.0 Å². The smallest absolute Gasteiger partial charge is 0.252 e. The summed E-state index contributed by atoms with van der Waals surface area (Å²) >= 11 is 6.95. The van der Waals surface area contributed by atoms with Crippen LogP contribution in [0.5, 0.6) is 11.5 Å². The van der Waals surface area contributed by atoms with Gasteiger partial charge in [-0.05, 0) is 18.2 Å². The maximum Gasteiger partial charge on any atom is 0.252 e. The molecule has 0 saturated heterocycles. The van der Waals surface area contributed by atoms with Crippen molar-refractivity contribution in [2.75, 3.05) is 20.3 Å². The number of hydrogen-bond acceptors (Lipinski definition) is 5. The minimum Gasteiger partial charge on any atom is -0.493 e. The van der Waals surface area contributed by atoms with Crippen LogP contribution in [0.25, 0.3) is 0 Å². The van der Waals surface area contributed by atoms with Crippen molar-refractivity contribution in [1.82, 2.24) is 4.31 Å². The van der Waals surface area contributed by atoms with Gasteiger partial charge in [-0.15, -0.1) is 11.3 Å². The Balaban J connectivity index is 1.71. The third-order valence-corrected chi connectivity index (χ3v) is 7.86. The lowest BCUT2D eigenvalue weighted by Crippen LogP contribution is -2.26. The topological polar surface area (TPSA) is 55.8 Å². The molecule has 5 nitrogen and oxygen atoms in total. The molecule has 0 bridgehead atoms. The molecule has 8 heteroatoms. The highest BCUT2D eigenvalue weighted by Gasteiger charge is 2.30. The minimum atomic E-state index is -3.58. The second kappa shape index (κ2) is 5.91. The molecule has 0 saturated carbocycles. The van der Waals surface area contributed by atoms with E-state index in [9.17, 15) is 8.42 Å². The predicted octanol–water partition coefficient (Wildman–Crippen LogP) is 3.09. The summed E-state index contributed by atoms with van der Waals surface area (Å²) in [6.07, 6.45) is 1.61. The molecule has 3 heterocycles. The summed E-state index contributed by atoms with van der Waals surface area (Å²) < 4.78 is 39.0. The number of sulfonamides is 1. The SMILES string of the molecule is CN(Cc1c2c(cc3c1OCC3)OCC2)S(=O)(=O)c1ccc(Cl)s1. The number of hydrogen-bond donors (Lipinski definition) is 0. The van der Waals surface area contributed by atoms with E-state index in [0.29, 0.717) is 17.6 Å². The van der Waals surface area contributed by atoms with Crippen molar-refractivity contribution >= 4 is 33.0 Å². The maximum atomic E-state index is 12.8. The highest BCUT2D eigenvalue weighted by atomic mass is 35.5. The van der Waals surface area contributed by atoms with E-state index in [2.05, 4.69) is 0 Å². The molecule has 0 fully saturated rings. The monoisotopic (exact) mass is 385 g/mol. The molecule has 0 unspecified atom stereocenters. The van der Waals surface area contributed by atoms with Gasteiger partial charge < -0.3 is 9.47 Å². The lowest BCUT2D eigenvalue weighted by Gasteiger charge is -2.19. The Morgan fingerprint density at radius 1 is 1.25 bits per heavy atom. The van der Waals surface area contributed by atoms with E-state index in [-0.39, 0.29) is 10.8 Å². The van der Waals surface area contributed by atoms with Crippen LogP contribution in [0.1, 0.15) is 16.7 Å². The Labute approximate surface area is 149 Å². The molecular formula is C16H16ClNO4S2. The first-order chi connectivity index (χ1) is 11.5. The predicted molar refractivity (Wildman–Crippen MR) is 92.8 cm³/mol. The molecule has 0 spiro atoms. The average Bonchev–Trinajstić information content (AvgIpc) is 3.26. The molecule has 0 N–H and O–H groups in total. The highest BCUT2D eigenvalue weighted by Crippen LogP contribution is 2.41. The van der Waals surface area contributed by atoms with E-state index < -0.39 is 10.0 Å². The van der Waals surface area contributed by atoms with E-state index in [1.807, 2.05) is 6.07 Å². The van der Waals surface area contributed by atoms with Crippen molar-refractivity contribution in [2.24, 2.45) is 0 Å². The molecule has 1 aromatic heterocycles. The fourth-order valence-electron chi connectivity index (χ4n) is 3.15. The van der Waals surface area contributed by atoms with E-state index in [4.69, 9.17) is 21.1 Å². The van der Waals surface area contributed by atoms with Crippen LogP contribution in [0.15, 0.2) is 22.4 Å². The van der Waals surface area contributed by atoms with Crippen LogP contribution in [-0.4, -0.2) is 33.0 Å². The van der Waals surface area contributed by atoms with Gasteiger partial charge in [-0.25, -0.2) is 8.42 Å². The van der Waals surface area contributed by atoms with Crippen molar-refractivity contribution in [3.05, 3.63) is 39.2 Å². The highest BCUT2D eigenvalue weighted by molar-refractivity contribution is 7.91. The molecule has 4 rings (SSSR count). The third kappa shape index (κ3) is 2.60. The van der Waals surface area contributed by atoms with Gasteiger partial charge in [0, 0.05) is 43.1 Å². The molecule has 2 aliphatic rings. The molecule has 0 aliphatic carbocycles. The molecule has 128 valence electrons. The van der Waals surface area contributed by atoms with Crippen LogP contribution >= 0.6 is 22.9 Å². The second-order valence-electron chi connectivity index (χ2n) is 5.84. The number of rotatable bonds is 4. The minimum absolute atomic E-state index is 0.247. The van der Waals surface area contributed by atoms with Gasteiger partial charge in [-0.2, -0.15) is 4.31 Å². The molecule has 0 amide bonds. The first-order valence-electron chi connectivity index (χ1n) is 7.61. The van der Waals surface area contributed by atoms with E-state index >= 15 is 0 Å². The van der Waals surface area contributed by atoms with Crippen LogP contribution < -0.4 is 9.47 Å². The van der Waals surface area contributed by atoms with Gasteiger partial charge in [-0.3, -0.25) is 0 Å². The molecule has 0 radical (unpaired) electrons. The summed E-state index contributed by atoms with van der Waals surface area (Å²) in [6.45, 7) is 1.51. The first kappa shape index (κ1) is 16.2. The zero-order valence-corrected chi connectivity index (χ0v) is 15.4. The summed E-state index contributed by atoms with van der Waals surface area (Å²) in [5.74, 6) is 1.68.